The van der Waals surface area contributed by atoms with Crippen LogP contribution in [0.25, 0.3) is 0 Å². The fraction of sp³-hybridized carbons (Fsp3) is 0.667. The van der Waals surface area contributed by atoms with Crippen LogP contribution in [0, 0.1) is 5.92 Å². The third-order valence-electron chi connectivity index (χ3n) is 4.66. The van der Waals surface area contributed by atoms with Crippen molar-refractivity contribution in [2.75, 3.05) is 46.6 Å². The van der Waals surface area contributed by atoms with Crippen LogP contribution < -0.4 is 20.1 Å². The molecule has 10 heteroatoms. The summed E-state index contributed by atoms with van der Waals surface area (Å²) in [7, 11) is 1.70. The first-order valence-corrected chi connectivity index (χ1v) is 10.4. The van der Waals surface area contributed by atoms with Gasteiger partial charge in [0.05, 0.1) is 6.61 Å². The molecule has 7 nitrogen and oxygen atoms in total. The van der Waals surface area contributed by atoms with Gasteiger partial charge in [0.1, 0.15) is 0 Å². The van der Waals surface area contributed by atoms with Gasteiger partial charge in [-0.2, -0.15) is 8.78 Å². The van der Waals surface area contributed by atoms with Crippen molar-refractivity contribution >= 4 is 29.9 Å². The van der Waals surface area contributed by atoms with E-state index in [0.717, 1.165) is 51.2 Å². The second kappa shape index (κ2) is 16.3. The molecule has 1 heterocycles. The lowest BCUT2D eigenvalue weighted by molar-refractivity contribution is -0.0514. The Labute approximate surface area is 200 Å². The Morgan fingerprint density at radius 3 is 2.68 bits per heavy atom. The third-order valence-corrected chi connectivity index (χ3v) is 4.66. The first-order chi connectivity index (χ1) is 14.6. The maximum atomic E-state index is 12.5. The normalized spacial score (nSPS) is 14.8. The molecule has 0 aromatic heterocycles. The molecule has 1 fully saturated rings. The highest BCUT2D eigenvalue weighted by molar-refractivity contribution is 14.0. The van der Waals surface area contributed by atoms with Gasteiger partial charge in [0.15, 0.2) is 17.5 Å². The molecule has 1 aromatic carbocycles. The van der Waals surface area contributed by atoms with Gasteiger partial charge in [0, 0.05) is 46.6 Å². The van der Waals surface area contributed by atoms with Crippen LogP contribution in [0.3, 0.4) is 0 Å². The van der Waals surface area contributed by atoms with Crippen molar-refractivity contribution in [2.45, 2.75) is 39.3 Å². The van der Waals surface area contributed by atoms with Crippen LogP contribution in [-0.2, 0) is 16.0 Å². The van der Waals surface area contributed by atoms with Crippen molar-refractivity contribution in [2.24, 2.45) is 10.9 Å². The second-order valence-electron chi connectivity index (χ2n) is 6.93. The van der Waals surface area contributed by atoms with E-state index in [0.29, 0.717) is 37.4 Å². The van der Waals surface area contributed by atoms with Gasteiger partial charge >= 0.3 is 6.61 Å². The van der Waals surface area contributed by atoms with Crippen LogP contribution in [-0.4, -0.2) is 59.2 Å². The van der Waals surface area contributed by atoms with Crippen LogP contribution in [0.4, 0.5) is 8.78 Å². The molecule has 0 radical (unpaired) electrons. The SMILES string of the molecule is CCOc1cc(CNC(=NC)NCCCOCC2CCOCC2)ccc1OC(F)F.I. The van der Waals surface area contributed by atoms with Crippen LogP contribution in [0.2, 0.25) is 0 Å². The first-order valence-electron chi connectivity index (χ1n) is 10.4. The number of hydrogen-bond acceptors (Lipinski definition) is 5. The van der Waals surface area contributed by atoms with Crippen LogP contribution >= 0.6 is 24.0 Å². The monoisotopic (exact) mass is 557 g/mol. The average Bonchev–Trinajstić information content (AvgIpc) is 2.75. The fourth-order valence-corrected chi connectivity index (χ4v) is 3.07. The molecule has 0 atom stereocenters. The minimum absolute atomic E-state index is 0. The number of benzene rings is 1. The van der Waals surface area contributed by atoms with E-state index in [1.165, 1.54) is 6.07 Å². The largest absolute Gasteiger partial charge is 0.490 e. The minimum Gasteiger partial charge on any atom is -0.490 e. The highest BCUT2D eigenvalue weighted by Crippen LogP contribution is 2.29. The Hall–Kier alpha value is -1.40. The molecule has 0 spiro atoms. The summed E-state index contributed by atoms with van der Waals surface area (Å²) in [6.45, 7) is 3.63. The van der Waals surface area contributed by atoms with Gasteiger partial charge in [-0.3, -0.25) is 4.99 Å². The van der Waals surface area contributed by atoms with Crippen molar-refractivity contribution in [3.8, 4) is 11.5 Å². The molecule has 1 aliphatic heterocycles. The van der Waals surface area contributed by atoms with Gasteiger partial charge in [0.2, 0.25) is 0 Å². The van der Waals surface area contributed by atoms with E-state index in [1.54, 1.807) is 26.1 Å². The van der Waals surface area contributed by atoms with E-state index >= 15 is 0 Å². The number of alkyl halides is 2. The summed E-state index contributed by atoms with van der Waals surface area (Å²) < 4.78 is 46.0. The van der Waals surface area contributed by atoms with Gasteiger partial charge in [0.25, 0.3) is 0 Å². The molecule has 31 heavy (non-hydrogen) atoms. The number of halogens is 3. The lowest BCUT2D eigenvalue weighted by atomic mass is 10.0. The van der Waals surface area contributed by atoms with Gasteiger partial charge in [-0.1, -0.05) is 6.07 Å². The van der Waals surface area contributed by atoms with Gasteiger partial charge in [-0.25, -0.2) is 0 Å². The van der Waals surface area contributed by atoms with E-state index in [-0.39, 0.29) is 29.7 Å². The maximum absolute atomic E-state index is 12.5. The molecule has 0 amide bonds. The molecule has 2 rings (SSSR count). The topological polar surface area (TPSA) is 73.3 Å². The summed E-state index contributed by atoms with van der Waals surface area (Å²) in [6, 6.07) is 4.89. The maximum Gasteiger partial charge on any atom is 0.387 e. The summed E-state index contributed by atoms with van der Waals surface area (Å²) in [5.74, 6) is 1.59. The predicted octanol–water partition coefficient (Wildman–Crippen LogP) is 3.80. The fourth-order valence-electron chi connectivity index (χ4n) is 3.07. The number of nitrogens with zero attached hydrogens (tertiary/aromatic N) is 1. The highest BCUT2D eigenvalue weighted by Gasteiger charge is 2.14. The zero-order chi connectivity index (χ0) is 21.6. The van der Waals surface area contributed by atoms with E-state index in [1.807, 2.05) is 0 Å². The Morgan fingerprint density at radius 1 is 1.23 bits per heavy atom. The van der Waals surface area contributed by atoms with Crippen LogP contribution in [0.5, 0.6) is 11.5 Å². The van der Waals surface area contributed by atoms with Crippen molar-refractivity contribution in [3.63, 3.8) is 0 Å². The number of guanidine groups is 1. The van der Waals surface area contributed by atoms with Crippen molar-refractivity contribution < 1.29 is 27.7 Å². The molecule has 0 aliphatic carbocycles. The molecule has 2 N–H and O–H groups in total. The zero-order valence-electron chi connectivity index (χ0n) is 18.2. The Bertz CT molecular complexity index is 647. The van der Waals surface area contributed by atoms with Crippen molar-refractivity contribution in [1.29, 1.82) is 0 Å². The lowest BCUT2D eigenvalue weighted by Gasteiger charge is -2.21. The zero-order valence-corrected chi connectivity index (χ0v) is 20.5. The van der Waals surface area contributed by atoms with E-state index in [2.05, 4.69) is 20.4 Å². The van der Waals surface area contributed by atoms with Crippen LogP contribution in [0.1, 0.15) is 31.7 Å². The Kier molecular flexibility index (Phi) is 14.5. The van der Waals surface area contributed by atoms with E-state index in [9.17, 15) is 8.78 Å². The number of ether oxygens (including phenoxy) is 4. The quantitative estimate of drug-likeness (QED) is 0.176. The summed E-state index contributed by atoms with van der Waals surface area (Å²) in [4.78, 5) is 4.19. The van der Waals surface area contributed by atoms with Gasteiger partial charge < -0.3 is 29.6 Å². The molecular weight excluding hydrogens is 523 g/mol. The molecule has 0 bridgehead atoms. The Morgan fingerprint density at radius 2 is 2.00 bits per heavy atom. The number of aliphatic imine (C=N–C) groups is 1. The minimum atomic E-state index is -2.89. The number of nitrogens with one attached hydrogen (secondary N) is 2. The van der Waals surface area contributed by atoms with Crippen molar-refractivity contribution in [1.82, 2.24) is 10.6 Å². The molecule has 0 saturated carbocycles. The summed E-state index contributed by atoms with van der Waals surface area (Å²) in [6.07, 6.45) is 3.03. The summed E-state index contributed by atoms with van der Waals surface area (Å²) >= 11 is 0. The predicted molar refractivity (Wildman–Crippen MR) is 127 cm³/mol. The lowest BCUT2D eigenvalue weighted by Crippen LogP contribution is -2.37. The average molecular weight is 557 g/mol. The third kappa shape index (κ3) is 11.2. The second-order valence-corrected chi connectivity index (χ2v) is 6.93. The first kappa shape index (κ1) is 27.6. The molecular formula is C21H34F2IN3O4. The highest BCUT2D eigenvalue weighted by atomic mass is 127. The van der Waals surface area contributed by atoms with E-state index < -0.39 is 6.61 Å². The summed E-state index contributed by atoms with van der Waals surface area (Å²) in [5.41, 5.74) is 0.864. The molecule has 0 unspecified atom stereocenters. The standard InChI is InChI=1S/C21H33F2N3O4.HI/c1-3-29-19-13-17(5-6-18(19)30-20(22)23)14-26-21(24-2)25-9-4-10-28-15-16-7-11-27-12-8-16;/h5-6,13,16,20H,3-4,7-12,14-15H2,1-2H3,(H2,24,25,26);1H. The van der Waals surface area contributed by atoms with Gasteiger partial charge in [-0.05, 0) is 49.8 Å². The smallest absolute Gasteiger partial charge is 0.387 e. The van der Waals surface area contributed by atoms with Crippen molar-refractivity contribution in [3.05, 3.63) is 23.8 Å². The van der Waals surface area contributed by atoms with Crippen LogP contribution in [0.15, 0.2) is 23.2 Å². The number of rotatable bonds is 12. The Balaban J connectivity index is 0.00000480. The summed E-state index contributed by atoms with van der Waals surface area (Å²) in [5, 5.41) is 6.44. The van der Waals surface area contributed by atoms with Gasteiger partial charge in [-0.15, -0.1) is 24.0 Å². The number of hydrogen-bond donors (Lipinski definition) is 2. The molecule has 1 aliphatic rings. The van der Waals surface area contributed by atoms with E-state index in [4.69, 9.17) is 14.2 Å². The molecule has 1 saturated heterocycles. The molecule has 178 valence electrons. The molecule has 1 aromatic rings.